The minimum atomic E-state index is -6.00. The van der Waals surface area contributed by atoms with Crippen LogP contribution in [0.25, 0.3) is 6.20 Å². The Bertz CT molecular complexity index is 262. The molecule has 0 amide bonds. The highest BCUT2D eigenvalue weighted by atomic mass is 19.5. The lowest BCUT2D eigenvalue weighted by atomic mass is 10.3. The van der Waals surface area contributed by atoms with E-state index in [0.29, 0.717) is 0 Å². The number of nitrogens with zero attached hydrogens (tertiary/aromatic N) is 2. The second-order valence-corrected chi connectivity index (χ2v) is 2.20. The maximum absolute atomic E-state index is 9.75. The van der Waals surface area contributed by atoms with E-state index < -0.39 is 7.25 Å². The van der Waals surface area contributed by atoms with E-state index in [1.54, 1.807) is 6.20 Å². The summed E-state index contributed by atoms with van der Waals surface area (Å²) in [6, 6.07) is 0. The molecule has 0 aliphatic carbocycles. The van der Waals surface area contributed by atoms with E-state index in [1.165, 1.54) is 0 Å². The lowest BCUT2D eigenvalue weighted by molar-refractivity contribution is -0.670. The molecule has 0 N–H and O–H groups in total. The van der Waals surface area contributed by atoms with E-state index in [4.69, 9.17) is 0 Å². The summed E-state index contributed by atoms with van der Waals surface area (Å²) in [5.74, 6) is 0. The first-order chi connectivity index (χ1) is 5.83. The largest absolute Gasteiger partial charge is 0.673 e. The van der Waals surface area contributed by atoms with Crippen molar-refractivity contribution in [2.45, 2.75) is 0 Å². The first kappa shape index (κ1) is 11.7. The van der Waals surface area contributed by atoms with Gasteiger partial charge in [-0.15, -0.1) is 0 Å². The smallest absolute Gasteiger partial charge is 0.418 e. The van der Waals surface area contributed by atoms with Crippen LogP contribution in [0.15, 0.2) is 25.3 Å². The molecule has 2 nitrogen and oxygen atoms in total. The summed E-state index contributed by atoms with van der Waals surface area (Å²) in [6.07, 6.45) is 7.58. The van der Waals surface area contributed by atoms with Gasteiger partial charge in [-0.05, 0) is 0 Å². The van der Waals surface area contributed by atoms with Gasteiger partial charge in [0.25, 0.3) is 0 Å². The van der Waals surface area contributed by atoms with Gasteiger partial charge in [-0.2, -0.15) is 0 Å². The molecular weight excluding hydrogens is 187 g/mol. The maximum Gasteiger partial charge on any atom is 0.673 e. The van der Waals surface area contributed by atoms with Gasteiger partial charge in [0.15, 0.2) is 0 Å². The van der Waals surface area contributed by atoms with Gasteiger partial charge in [0, 0.05) is 0 Å². The fourth-order valence-corrected chi connectivity index (χ4v) is 0.577. The molecule has 0 radical (unpaired) electrons. The van der Waals surface area contributed by atoms with Crippen molar-refractivity contribution in [3.63, 3.8) is 0 Å². The zero-order valence-electron chi connectivity index (χ0n) is 7.00. The molecule has 1 aromatic heterocycles. The fraction of sp³-hybridized carbons (Fsp3) is 0.167. The van der Waals surface area contributed by atoms with Crippen molar-refractivity contribution in [1.29, 1.82) is 0 Å². The Morgan fingerprint density at radius 2 is 1.85 bits per heavy atom. The van der Waals surface area contributed by atoms with E-state index in [9.17, 15) is 17.3 Å². The summed E-state index contributed by atoms with van der Waals surface area (Å²) < 4.78 is 42.8. The second-order valence-electron chi connectivity index (χ2n) is 2.20. The molecular formula is C6H9BF4N2. The third kappa shape index (κ3) is 8.64. The molecule has 0 unspecified atom stereocenters. The third-order valence-corrected chi connectivity index (χ3v) is 1.00. The van der Waals surface area contributed by atoms with E-state index >= 15 is 0 Å². The summed E-state index contributed by atoms with van der Waals surface area (Å²) >= 11 is 0. The third-order valence-electron chi connectivity index (χ3n) is 1.00. The molecule has 7 heteroatoms. The molecule has 0 aliphatic rings. The van der Waals surface area contributed by atoms with Crippen molar-refractivity contribution in [2.75, 3.05) is 0 Å². The number of aryl methyl sites for hydroxylation is 1. The number of hydrogen-bond acceptors (Lipinski definition) is 0. The van der Waals surface area contributed by atoms with Crippen molar-refractivity contribution in [1.82, 2.24) is 4.57 Å². The normalized spacial score (nSPS) is 10.2. The van der Waals surface area contributed by atoms with Crippen LogP contribution >= 0.6 is 0 Å². The number of rotatable bonds is 1. The van der Waals surface area contributed by atoms with Crippen molar-refractivity contribution >= 4 is 13.5 Å². The van der Waals surface area contributed by atoms with Gasteiger partial charge < -0.3 is 17.3 Å². The topological polar surface area (TPSA) is 8.81 Å². The van der Waals surface area contributed by atoms with Crippen molar-refractivity contribution in [3.05, 3.63) is 25.3 Å². The van der Waals surface area contributed by atoms with Gasteiger partial charge in [-0.25, -0.2) is 9.13 Å². The number of hydrogen-bond donors (Lipinski definition) is 0. The molecule has 1 rings (SSSR count). The molecule has 0 aromatic carbocycles. The van der Waals surface area contributed by atoms with Crippen LogP contribution < -0.4 is 4.57 Å². The van der Waals surface area contributed by atoms with Crippen LogP contribution in [0.4, 0.5) is 17.3 Å². The van der Waals surface area contributed by atoms with Crippen LogP contribution in [-0.2, 0) is 7.05 Å². The van der Waals surface area contributed by atoms with Crippen molar-refractivity contribution in [2.24, 2.45) is 7.05 Å². The Kier molecular flexibility index (Phi) is 4.23. The molecule has 0 fully saturated rings. The summed E-state index contributed by atoms with van der Waals surface area (Å²) in [7, 11) is -4.03. The number of halogens is 4. The summed E-state index contributed by atoms with van der Waals surface area (Å²) in [6.45, 7) is 3.59. The van der Waals surface area contributed by atoms with Gasteiger partial charge in [0.2, 0.25) is 6.33 Å². The van der Waals surface area contributed by atoms with E-state index in [2.05, 4.69) is 6.58 Å². The molecule has 1 aromatic rings. The van der Waals surface area contributed by atoms with Crippen LogP contribution in [0, 0.1) is 0 Å². The van der Waals surface area contributed by atoms with Crippen LogP contribution in [0.1, 0.15) is 0 Å². The lowest BCUT2D eigenvalue weighted by Crippen LogP contribution is -2.23. The van der Waals surface area contributed by atoms with Crippen molar-refractivity contribution in [3.8, 4) is 0 Å². The van der Waals surface area contributed by atoms with Gasteiger partial charge in [-0.1, -0.05) is 6.58 Å². The van der Waals surface area contributed by atoms with Gasteiger partial charge in [-0.3, -0.25) is 0 Å². The quantitative estimate of drug-likeness (QED) is 0.367. The minimum absolute atomic E-state index is 1.75. The Balaban J connectivity index is 0.000000252. The molecule has 0 saturated heterocycles. The van der Waals surface area contributed by atoms with E-state index in [1.807, 2.05) is 34.9 Å². The van der Waals surface area contributed by atoms with Crippen LogP contribution in [0.2, 0.25) is 0 Å². The number of aromatic nitrogens is 2. The fourth-order valence-electron chi connectivity index (χ4n) is 0.577. The first-order valence-electron chi connectivity index (χ1n) is 3.35. The highest BCUT2D eigenvalue weighted by molar-refractivity contribution is 6.50. The molecule has 0 saturated carbocycles. The molecule has 0 spiro atoms. The van der Waals surface area contributed by atoms with Crippen LogP contribution in [-0.4, -0.2) is 11.8 Å². The first-order valence-corrected chi connectivity index (χ1v) is 3.35. The molecule has 74 valence electrons. The van der Waals surface area contributed by atoms with Crippen molar-refractivity contribution < 1.29 is 21.8 Å². The van der Waals surface area contributed by atoms with Gasteiger partial charge in [0.05, 0.1) is 13.2 Å². The lowest BCUT2D eigenvalue weighted by Gasteiger charge is -1.94. The second kappa shape index (κ2) is 4.69. The molecule has 0 atom stereocenters. The summed E-state index contributed by atoms with van der Waals surface area (Å²) in [4.78, 5) is 0. The standard InChI is InChI=1S/C6H9N2.BF4/c1-3-8-5-4-7(2)6-8;2-1(3,4)5/h3-6H,1H2,2H3;/q+1;-1. The Labute approximate surface area is 73.2 Å². The predicted molar refractivity (Wildman–Crippen MR) is 42.2 cm³/mol. The van der Waals surface area contributed by atoms with E-state index in [-0.39, 0.29) is 0 Å². The Morgan fingerprint density at radius 3 is 2.00 bits per heavy atom. The van der Waals surface area contributed by atoms with Crippen LogP contribution in [0.3, 0.4) is 0 Å². The Morgan fingerprint density at radius 1 is 1.38 bits per heavy atom. The summed E-state index contributed by atoms with van der Waals surface area (Å²) in [5.41, 5.74) is 0. The zero-order chi connectivity index (χ0) is 10.5. The molecule has 0 aliphatic heterocycles. The monoisotopic (exact) mass is 196 g/mol. The average molecular weight is 196 g/mol. The average Bonchev–Trinajstić information content (AvgIpc) is 2.31. The van der Waals surface area contributed by atoms with Gasteiger partial charge in [0.1, 0.15) is 12.4 Å². The Hall–Kier alpha value is -1.27. The molecule has 0 bridgehead atoms. The number of imidazole rings is 1. The predicted octanol–water partition coefficient (Wildman–Crippen LogP) is 1.71. The van der Waals surface area contributed by atoms with Gasteiger partial charge >= 0.3 is 7.25 Å². The summed E-state index contributed by atoms with van der Waals surface area (Å²) in [5, 5.41) is 0. The van der Waals surface area contributed by atoms with Crippen LogP contribution in [0.5, 0.6) is 0 Å². The minimum Gasteiger partial charge on any atom is -0.418 e. The SMILES string of the molecule is C=Cn1cc[n+](C)c1.F[B-](F)(F)F. The van der Waals surface area contributed by atoms with E-state index in [0.717, 1.165) is 0 Å². The molecule has 1 heterocycles. The molecule has 13 heavy (non-hydrogen) atoms. The highest BCUT2D eigenvalue weighted by Crippen LogP contribution is 2.06. The zero-order valence-corrected chi connectivity index (χ0v) is 7.00. The maximum atomic E-state index is 9.75. The highest BCUT2D eigenvalue weighted by Gasteiger charge is 2.20.